The van der Waals surface area contributed by atoms with Gasteiger partial charge in [0.25, 0.3) is 0 Å². The van der Waals surface area contributed by atoms with Gasteiger partial charge in [-0.15, -0.1) is 0 Å². The molecular weight excluding hydrogens is 289 g/mol. The number of hydrogen-bond acceptors (Lipinski definition) is 2. The first-order valence-corrected chi connectivity index (χ1v) is 7.34. The summed E-state index contributed by atoms with van der Waals surface area (Å²) in [7, 11) is 0. The number of benzene rings is 2. The second-order valence-corrected chi connectivity index (χ2v) is 5.61. The van der Waals surface area contributed by atoms with E-state index in [1.165, 1.54) is 12.1 Å². The Kier molecular flexibility index (Phi) is 3.93. The molecule has 0 unspecified atom stereocenters. The van der Waals surface area contributed by atoms with Crippen molar-refractivity contribution in [1.82, 2.24) is 0 Å². The van der Waals surface area contributed by atoms with Gasteiger partial charge in [0, 0.05) is 35.8 Å². The summed E-state index contributed by atoms with van der Waals surface area (Å²) in [5.41, 5.74) is 2.55. The standard InChI is InChI=1S/C17H15ClFNO/c18-15-10-13(19)8-7-12(15)11-20-9-3-6-17(21)14-4-1-2-5-16(14)20/h1-2,4-5,7-8,10H,3,6,9,11H2. The Balaban J connectivity index is 1.95. The van der Waals surface area contributed by atoms with Crippen LogP contribution < -0.4 is 4.90 Å². The predicted octanol–water partition coefficient (Wildman–Crippen LogP) is 4.46. The molecule has 2 aromatic carbocycles. The van der Waals surface area contributed by atoms with Gasteiger partial charge in [0.15, 0.2) is 5.78 Å². The molecule has 0 amide bonds. The molecule has 4 heteroatoms. The highest BCUT2D eigenvalue weighted by atomic mass is 35.5. The van der Waals surface area contributed by atoms with Crippen molar-refractivity contribution >= 4 is 23.1 Å². The molecule has 0 bridgehead atoms. The number of fused-ring (bicyclic) bond motifs is 1. The summed E-state index contributed by atoms with van der Waals surface area (Å²) in [6, 6.07) is 12.1. The molecule has 0 saturated heterocycles. The summed E-state index contributed by atoms with van der Waals surface area (Å²) in [6.07, 6.45) is 1.37. The second-order valence-electron chi connectivity index (χ2n) is 5.20. The molecule has 108 valence electrons. The molecule has 21 heavy (non-hydrogen) atoms. The van der Waals surface area contributed by atoms with Gasteiger partial charge >= 0.3 is 0 Å². The van der Waals surface area contributed by atoms with Crippen molar-refractivity contribution in [3.8, 4) is 0 Å². The normalized spacial score (nSPS) is 14.8. The fraction of sp³-hybridized carbons (Fsp3) is 0.235. The lowest BCUT2D eigenvalue weighted by molar-refractivity contribution is 0.0984. The topological polar surface area (TPSA) is 20.3 Å². The number of Topliss-reactive ketones (excluding diaryl/α,β-unsaturated/α-hetero) is 1. The smallest absolute Gasteiger partial charge is 0.165 e. The Morgan fingerprint density at radius 2 is 2.00 bits per heavy atom. The van der Waals surface area contributed by atoms with E-state index in [1.54, 1.807) is 6.07 Å². The lowest BCUT2D eigenvalue weighted by Gasteiger charge is -2.25. The number of carbonyl (C=O) groups excluding carboxylic acids is 1. The van der Waals surface area contributed by atoms with Crippen molar-refractivity contribution < 1.29 is 9.18 Å². The maximum atomic E-state index is 13.1. The van der Waals surface area contributed by atoms with Crippen LogP contribution in [-0.4, -0.2) is 12.3 Å². The van der Waals surface area contributed by atoms with Crippen molar-refractivity contribution in [1.29, 1.82) is 0 Å². The van der Waals surface area contributed by atoms with E-state index < -0.39 is 0 Å². The molecule has 0 N–H and O–H groups in total. The van der Waals surface area contributed by atoms with Crippen LogP contribution in [0.5, 0.6) is 0 Å². The largest absolute Gasteiger partial charge is 0.367 e. The molecule has 2 aromatic rings. The Bertz CT molecular complexity index is 686. The zero-order valence-corrected chi connectivity index (χ0v) is 12.2. The molecule has 1 aliphatic rings. The first-order chi connectivity index (χ1) is 10.1. The minimum Gasteiger partial charge on any atom is -0.367 e. The fourth-order valence-electron chi connectivity index (χ4n) is 2.69. The number of carbonyl (C=O) groups is 1. The van der Waals surface area contributed by atoms with E-state index in [2.05, 4.69) is 4.90 Å². The average Bonchev–Trinajstić information content (AvgIpc) is 2.63. The Labute approximate surface area is 128 Å². The van der Waals surface area contributed by atoms with Crippen molar-refractivity contribution in [2.75, 3.05) is 11.4 Å². The Hall–Kier alpha value is -1.87. The van der Waals surface area contributed by atoms with E-state index in [1.807, 2.05) is 24.3 Å². The maximum absolute atomic E-state index is 13.1. The number of hydrogen-bond donors (Lipinski definition) is 0. The molecule has 1 heterocycles. The number of nitrogens with zero attached hydrogens (tertiary/aromatic N) is 1. The van der Waals surface area contributed by atoms with Crippen LogP contribution in [0.3, 0.4) is 0 Å². The van der Waals surface area contributed by atoms with Crippen LogP contribution in [0.15, 0.2) is 42.5 Å². The number of para-hydroxylation sites is 1. The first-order valence-electron chi connectivity index (χ1n) is 6.96. The zero-order chi connectivity index (χ0) is 14.8. The number of halogens is 2. The van der Waals surface area contributed by atoms with Gasteiger partial charge in [-0.25, -0.2) is 4.39 Å². The van der Waals surface area contributed by atoms with Crippen LogP contribution in [0, 0.1) is 5.82 Å². The van der Waals surface area contributed by atoms with Gasteiger partial charge in [-0.05, 0) is 36.2 Å². The third-order valence-corrected chi connectivity index (χ3v) is 4.11. The van der Waals surface area contributed by atoms with Gasteiger partial charge in [0.05, 0.1) is 0 Å². The fourth-order valence-corrected chi connectivity index (χ4v) is 2.92. The molecular formula is C17H15ClFNO. The van der Waals surface area contributed by atoms with Crippen LogP contribution in [0.4, 0.5) is 10.1 Å². The van der Waals surface area contributed by atoms with Crippen molar-refractivity contribution in [2.45, 2.75) is 19.4 Å². The third kappa shape index (κ3) is 2.93. The van der Waals surface area contributed by atoms with Gasteiger partial charge in [0.2, 0.25) is 0 Å². The molecule has 0 saturated carbocycles. The molecule has 0 radical (unpaired) electrons. The van der Waals surface area contributed by atoms with Crippen LogP contribution in [0.1, 0.15) is 28.8 Å². The summed E-state index contributed by atoms with van der Waals surface area (Å²) in [5, 5.41) is 0.419. The molecule has 2 nitrogen and oxygen atoms in total. The lowest BCUT2D eigenvalue weighted by Crippen LogP contribution is -2.23. The van der Waals surface area contributed by atoms with Crippen LogP contribution >= 0.6 is 11.6 Å². The quantitative estimate of drug-likeness (QED) is 0.816. The van der Waals surface area contributed by atoms with Crippen molar-refractivity contribution in [3.63, 3.8) is 0 Å². The molecule has 1 aliphatic heterocycles. The van der Waals surface area contributed by atoms with Crippen LogP contribution in [0.2, 0.25) is 5.02 Å². The Morgan fingerprint density at radius 3 is 2.81 bits per heavy atom. The molecule has 0 fully saturated rings. The highest BCUT2D eigenvalue weighted by Gasteiger charge is 2.21. The van der Waals surface area contributed by atoms with Gasteiger partial charge in [0.1, 0.15) is 5.82 Å². The van der Waals surface area contributed by atoms with E-state index in [-0.39, 0.29) is 11.6 Å². The molecule has 3 rings (SSSR count). The minimum atomic E-state index is -0.338. The number of anilines is 1. The second kappa shape index (κ2) is 5.86. The van der Waals surface area contributed by atoms with Gasteiger partial charge in [-0.3, -0.25) is 4.79 Å². The molecule has 0 spiro atoms. The highest BCUT2D eigenvalue weighted by Crippen LogP contribution is 2.29. The Morgan fingerprint density at radius 1 is 1.19 bits per heavy atom. The lowest BCUT2D eigenvalue weighted by atomic mass is 10.1. The van der Waals surface area contributed by atoms with E-state index in [0.717, 1.165) is 29.8 Å². The zero-order valence-electron chi connectivity index (χ0n) is 11.5. The summed E-state index contributed by atoms with van der Waals surface area (Å²) < 4.78 is 13.1. The van der Waals surface area contributed by atoms with Crippen molar-refractivity contribution in [3.05, 3.63) is 64.4 Å². The van der Waals surface area contributed by atoms with Crippen LogP contribution in [0.25, 0.3) is 0 Å². The number of ketones is 1. The minimum absolute atomic E-state index is 0.179. The van der Waals surface area contributed by atoms with E-state index in [0.29, 0.717) is 18.0 Å². The van der Waals surface area contributed by atoms with Gasteiger partial charge in [-0.1, -0.05) is 29.8 Å². The van der Waals surface area contributed by atoms with E-state index in [9.17, 15) is 9.18 Å². The highest BCUT2D eigenvalue weighted by molar-refractivity contribution is 6.31. The summed E-state index contributed by atoms with van der Waals surface area (Å²) >= 11 is 6.11. The summed E-state index contributed by atoms with van der Waals surface area (Å²) in [5.74, 6) is -0.159. The molecule has 0 atom stereocenters. The first kappa shape index (κ1) is 14.1. The molecule has 0 aliphatic carbocycles. The SMILES string of the molecule is O=C1CCCN(Cc2ccc(F)cc2Cl)c2ccccc21. The van der Waals surface area contributed by atoms with Crippen LogP contribution in [-0.2, 0) is 6.54 Å². The molecule has 0 aromatic heterocycles. The number of rotatable bonds is 2. The maximum Gasteiger partial charge on any atom is 0.165 e. The van der Waals surface area contributed by atoms with Gasteiger partial charge in [-0.2, -0.15) is 0 Å². The van der Waals surface area contributed by atoms with Gasteiger partial charge < -0.3 is 4.90 Å². The summed E-state index contributed by atoms with van der Waals surface area (Å²) in [4.78, 5) is 14.3. The average molecular weight is 304 g/mol. The third-order valence-electron chi connectivity index (χ3n) is 3.75. The monoisotopic (exact) mass is 303 g/mol. The van der Waals surface area contributed by atoms with E-state index in [4.69, 9.17) is 11.6 Å². The summed E-state index contributed by atoms with van der Waals surface area (Å²) in [6.45, 7) is 1.36. The van der Waals surface area contributed by atoms with Crippen molar-refractivity contribution in [2.24, 2.45) is 0 Å². The predicted molar refractivity (Wildman–Crippen MR) is 82.5 cm³/mol. The van der Waals surface area contributed by atoms with E-state index >= 15 is 0 Å².